The molecule has 0 saturated carbocycles. The van der Waals surface area contributed by atoms with E-state index in [2.05, 4.69) is 9.97 Å². The molecule has 1 aromatic carbocycles. The number of pyridine rings is 1. The van der Waals surface area contributed by atoms with E-state index in [4.69, 9.17) is 10.2 Å². The number of benzene rings is 1. The number of hydrogen-bond donors (Lipinski definition) is 2. The topological polar surface area (TPSA) is 85.2 Å². The first kappa shape index (κ1) is 12.8. The third-order valence-electron chi connectivity index (χ3n) is 3.15. The van der Waals surface area contributed by atoms with Crippen LogP contribution in [-0.4, -0.2) is 21.1 Å². The minimum absolute atomic E-state index is 0.210. The van der Waals surface area contributed by atoms with Crippen LogP contribution in [0.2, 0.25) is 0 Å². The molecule has 3 N–H and O–H groups in total. The zero-order chi connectivity index (χ0) is 13.9. The summed E-state index contributed by atoms with van der Waals surface area (Å²) in [6, 6.07) is 12.8. The molecule has 3 aromatic rings. The molecule has 2 aromatic heterocycles. The van der Waals surface area contributed by atoms with Crippen molar-refractivity contribution in [1.29, 1.82) is 0 Å². The van der Waals surface area contributed by atoms with Crippen molar-refractivity contribution in [2.75, 3.05) is 0 Å². The molecule has 0 aliphatic rings. The normalized spacial score (nSPS) is 14.3. The molecule has 2 atom stereocenters. The van der Waals surface area contributed by atoms with Crippen LogP contribution in [0.5, 0.6) is 0 Å². The first-order valence-corrected chi connectivity index (χ1v) is 6.43. The molecular formula is C15H15N3O2. The largest absolute Gasteiger partial charge is 0.436 e. The van der Waals surface area contributed by atoms with Crippen molar-refractivity contribution in [2.45, 2.75) is 18.6 Å². The van der Waals surface area contributed by atoms with E-state index < -0.39 is 12.1 Å². The number of aromatic nitrogens is 2. The summed E-state index contributed by atoms with van der Waals surface area (Å²) in [4.78, 5) is 8.24. The predicted molar refractivity (Wildman–Crippen MR) is 74.9 cm³/mol. The van der Waals surface area contributed by atoms with Gasteiger partial charge in [-0.05, 0) is 24.1 Å². The van der Waals surface area contributed by atoms with Crippen LogP contribution in [0.3, 0.4) is 0 Å². The van der Waals surface area contributed by atoms with Gasteiger partial charge in [-0.25, -0.2) is 4.98 Å². The van der Waals surface area contributed by atoms with Crippen LogP contribution in [0.1, 0.15) is 17.6 Å². The summed E-state index contributed by atoms with van der Waals surface area (Å²) in [6.07, 6.45) is 1.23. The lowest BCUT2D eigenvalue weighted by atomic mass is 10.0. The Hall–Kier alpha value is -2.24. The molecule has 2 heterocycles. The fourth-order valence-corrected chi connectivity index (χ4v) is 2.09. The number of aliphatic hydroxyl groups is 1. The maximum absolute atomic E-state index is 10.2. The Morgan fingerprint density at radius 2 is 1.95 bits per heavy atom. The van der Waals surface area contributed by atoms with Crippen molar-refractivity contribution in [2.24, 2.45) is 5.73 Å². The zero-order valence-electron chi connectivity index (χ0n) is 10.8. The molecule has 102 valence electrons. The number of aliphatic hydroxyl groups excluding tert-OH is 1. The van der Waals surface area contributed by atoms with Gasteiger partial charge in [-0.3, -0.25) is 0 Å². The van der Waals surface area contributed by atoms with Crippen LogP contribution in [0.4, 0.5) is 0 Å². The van der Waals surface area contributed by atoms with Gasteiger partial charge in [0.1, 0.15) is 6.10 Å². The van der Waals surface area contributed by atoms with Gasteiger partial charge in [0.25, 0.3) is 0 Å². The van der Waals surface area contributed by atoms with Gasteiger partial charge in [0.2, 0.25) is 5.89 Å². The Morgan fingerprint density at radius 1 is 1.15 bits per heavy atom. The first-order valence-electron chi connectivity index (χ1n) is 6.43. The summed E-state index contributed by atoms with van der Waals surface area (Å²) in [5.41, 5.74) is 8.13. The van der Waals surface area contributed by atoms with Gasteiger partial charge in [-0.15, -0.1) is 0 Å². The average molecular weight is 269 g/mol. The van der Waals surface area contributed by atoms with E-state index in [1.165, 1.54) is 0 Å². The lowest BCUT2D eigenvalue weighted by Gasteiger charge is -2.15. The summed E-state index contributed by atoms with van der Waals surface area (Å²) in [7, 11) is 0. The standard InChI is InChI=1S/C15H15N3O2/c16-11(9-10-5-2-1-3-6-10)13(19)15-18-14-12(20-15)7-4-8-17-14/h1-8,11,13,19H,9,16H2. The lowest BCUT2D eigenvalue weighted by Crippen LogP contribution is -2.30. The molecule has 0 radical (unpaired) electrons. The molecule has 0 aliphatic heterocycles. The zero-order valence-corrected chi connectivity index (χ0v) is 10.8. The highest BCUT2D eigenvalue weighted by Crippen LogP contribution is 2.21. The Bertz CT molecular complexity index is 663. The number of oxazole rings is 1. The minimum atomic E-state index is -0.954. The number of nitrogens with zero attached hydrogens (tertiary/aromatic N) is 2. The summed E-state index contributed by atoms with van der Waals surface area (Å²) >= 11 is 0. The molecular weight excluding hydrogens is 254 g/mol. The fourth-order valence-electron chi connectivity index (χ4n) is 2.09. The van der Waals surface area contributed by atoms with Crippen LogP contribution < -0.4 is 5.73 Å². The van der Waals surface area contributed by atoms with Gasteiger partial charge in [-0.1, -0.05) is 30.3 Å². The van der Waals surface area contributed by atoms with Crippen molar-refractivity contribution < 1.29 is 9.52 Å². The van der Waals surface area contributed by atoms with E-state index in [0.717, 1.165) is 5.56 Å². The SMILES string of the molecule is NC(Cc1ccccc1)C(O)c1nc2ncccc2o1. The highest BCUT2D eigenvalue weighted by molar-refractivity contribution is 5.66. The Kier molecular flexibility index (Phi) is 3.45. The third kappa shape index (κ3) is 2.54. The van der Waals surface area contributed by atoms with E-state index in [1.807, 2.05) is 30.3 Å². The lowest BCUT2D eigenvalue weighted by molar-refractivity contribution is 0.117. The van der Waals surface area contributed by atoms with E-state index in [1.54, 1.807) is 18.3 Å². The Morgan fingerprint density at radius 3 is 2.70 bits per heavy atom. The molecule has 0 spiro atoms. The molecule has 3 rings (SSSR count). The highest BCUT2D eigenvalue weighted by Gasteiger charge is 2.23. The van der Waals surface area contributed by atoms with Crippen molar-refractivity contribution in [3.8, 4) is 0 Å². The third-order valence-corrected chi connectivity index (χ3v) is 3.15. The van der Waals surface area contributed by atoms with Gasteiger partial charge >= 0.3 is 0 Å². The van der Waals surface area contributed by atoms with Crippen LogP contribution in [0, 0.1) is 0 Å². The maximum Gasteiger partial charge on any atom is 0.227 e. The Labute approximate surface area is 116 Å². The summed E-state index contributed by atoms with van der Waals surface area (Å²) in [6.45, 7) is 0. The molecule has 0 fully saturated rings. The van der Waals surface area contributed by atoms with Crippen molar-refractivity contribution >= 4 is 11.2 Å². The monoisotopic (exact) mass is 269 g/mol. The second kappa shape index (κ2) is 5.40. The van der Waals surface area contributed by atoms with Crippen LogP contribution in [-0.2, 0) is 6.42 Å². The van der Waals surface area contributed by atoms with Crippen molar-refractivity contribution in [1.82, 2.24) is 9.97 Å². The summed E-state index contributed by atoms with van der Waals surface area (Å²) < 4.78 is 5.49. The second-order valence-electron chi connectivity index (χ2n) is 4.68. The molecule has 0 aliphatic carbocycles. The first-order chi connectivity index (χ1) is 9.74. The average Bonchev–Trinajstić information content (AvgIpc) is 2.91. The molecule has 0 bridgehead atoms. The van der Waals surface area contributed by atoms with Gasteiger partial charge in [0, 0.05) is 12.2 Å². The van der Waals surface area contributed by atoms with Crippen molar-refractivity contribution in [3.63, 3.8) is 0 Å². The maximum atomic E-state index is 10.2. The second-order valence-corrected chi connectivity index (χ2v) is 4.68. The molecule has 2 unspecified atom stereocenters. The quantitative estimate of drug-likeness (QED) is 0.754. The predicted octanol–water partition coefficient (Wildman–Crippen LogP) is 1.83. The highest BCUT2D eigenvalue weighted by atomic mass is 16.4. The van der Waals surface area contributed by atoms with Crippen molar-refractivity contribution in [3.05, 3.63) is 60.1 Å². The smallest absolute Gasteiger partial charge is 0.227 e. The number of fused-ring (bicyclic) bond motifs is 1. The Balaban J connectivity index is 1.79. The molecule has 0 saturated heterocycles. The number of rotatable bonds is 4. The molecule has 20 heavy (non-hydrogen) atoms. The summed E-state index contributed by atoms with van der Waals surface area (Å²) in [5.74, 6) is 0.210. The van der Waals surface area contributed by atoms with Gasteiger partial charge < -0.3 is 15.3 Å². The van der Waals surface area contributed by atoms with E-state index >= 15 is 0 Å². The molecule has 5 heteroatoms. The van der Waals surface area contributed by atoms with Crippen LogP contribution in [0.15, 0.2) is 53.1 Å². The number of hydrogen-bond acceptors (Lipinski definition) is 5. The minimum Gasteiger partial charge on any atom is -0.436 e. The van der Waals surface area contributed by atoms with Gasteiger partial charge in [0.15, 0.2) is 11.2 Å². The van der Waals surface area contributed by atoms with Crippen LogP contribution >= 0.6 is 0 Å². The van der Waals surface area contributed by atoms with E-state index in [-0.39, 0.29) is 5.89 Å². The molecule has 0 amide bonds. The van der Waals surface area contributed by atoms with E-state index in [9.17, 15) is 5.11 Å². The summed E-state index contributed by atoms with van der Waals surface area (Å²) in [5, 5.41) is 10.2. The number of nitrogens with two attached hydrogens (primary N) is 1. The molecule has 5 nitrogen and oxygen atoms in total. The van der Waals surface area contributed by atoms with Crippen LogP contribution in [0.25, 0.3) is 11.2 Å². The van der Waals surface area contributed by atoms with E-state index in [0.29, 0.717) is 17.7 Å². The van der Waals surface area contributed by atoms with Gasteiger partial charge in [0.05, 0.1) is 0 Å². The van der Waals surface area contributed by atoms with Gasteiger partial charge in [-0.2, -0.15) is 4.98 Å². The fraction of sp³-hybridized carbons (Fsp3) is 0.200.